The summed E-state index contributed by atoms with van der Waals surface area (Å²) in [5.41, 5.74) is 2.22. The Balaban J connectivity index is 2.14. The number of ether oxygens (including phenoxy) is 1. The van der Waals surface area contributed by atoms with Gasteiger partial charge in [0.1, 0.15) is 5.60 Å². The molecule has 0 bridgehead atoms. The maximum absolute atomic E-state index is 12.8. The summed E-state index contributed by atoms with van der Waals surface area (Å²) < 4.78 is 7.31. The molecule has 1 aliphatic rings. The Morgan fingerprint density at radius 1 is 1.21 bits per heavy atom. The third-order valence-corrected chi connectivity index (χ3v) is 4.14. The lowest BCUT2D eigenvalue weighted by Crippen LogP contribution is -2.28. The molecule has 0 saturated carbocycles. The minimum Gasteiger partial charge on any atom is -0.443 e. The molecule has 0 N–H and O–H groups in total. The largest absolute Gasteiger partial charge is 0.443 e. The predicted molar refractivity (Wildman–Crippen MR) is 97.9 cm³/mol. The van der Waals surface area contributed by atoms with Crippen LogP contribution in [-0.2, 0) is 4.74 Å². The van der Waals surface area contributed by atoms with Gasteiger partial charge in [0.15, 0.2) is 0 Å². The molecule has 1 aromatic heterocycles. The molecule has 4 nitrogen and oxygen atoms in total. The summed E-state index contributed by atoms with van der Waals surface area (Å²) in [6, 6.07) is 10.2. The van der Waals surface area contributed by atoms with Crippen molar-refractivity contribution in [2.45, 2.75) is 39.3 Å². The molecule has 24 heavy (non-hydrogen) atoms. The lowest BCUT2D eigenvalue weighted by molar-refractivity contribution is 0.0543. The van der Waals surface area contributed by atoms with Crippen LogP contribution < -0.4 is 0 Å². The van der Waals surface area contributed by atoms with Crippen molar-refractivity contribution in [1.82, 2.24) is 9.47 Å². The van der Waals surface area contributed by atoms with Crippen LogP contribution in [0.1, 0.15) is 33.4 Å². The van der Waals surface area contributed by atoms with E-state index in [1.54, 1.807) is 4.57 Å². The summed E-state index contributed by atoms with van der Waals surface area (Å²) in [5.74, 6) is 0. The van der Waals surface area contributed by atoms with Crippen LogP contribution in [0.15, 0.2) is 48.7 Å². The second-order valence-electron chi connectivity index (χ2n) is 7.25. The first-order valence-electron chi connectivity index (χ1n) is 8.22. The van der Waals surface area contributed by atoms with Crippen molar-refractivity contribution in [2.24, 2.45) is 0 Å². The highest BCUT2D eigenvalue weighted by atomic mass is 16.6. The van der Waals surface area contributed by atoms with E-state index in [1.165, 1.54) is 0 Å². The van der Waals surface area contributed by atoms with Gasteiger partial charge < -0.3 is 9.64 Å². The fourth-order valence-electron chi connectivity index (χ4n) is 2.81. The van der Waals surface area contributed by atoms with Gasteiger partial charge >= 0.3 is 6.09 Å². The zero-order chi connectivity index (χ0) is 17.5. The highest BCUT2D eigenvalue weighted by molar-refractivity contribution is 5.96. The lowest BCUT2D eigenvalue weighted by Gasteiger charge is -2.26. The van der Waals surface area contributed by atoms with Gasteiger partial charge in [-0.1, -0.05) is 24.3 Å². The van der Waals surface area contributed by atoms with E-state index in [0.717, 1.165) is 22.2 Å². The zero-order valence-electron chi connectivity index (χ0n) is 14.9. The molecule has 2 aromatic rings. The molecule has 0 fully saturated rings. The van der Waals surface area contributed by atoms with Gasteiger partial charge in [0.2, 0.25) is 0 Å². The Morgan fingerprint density at radius 3 is 2.58 bits per heavy atom. The number of allylic oxidation sites excluding steroid dienone is 2. The summed E-state index contributed by atoms with van der Waals surface area (Å²) >= 11 is 0. The van der Waals surface area contributed by atoms with Gasteiger partial charge in [0.05, 0.1) is 11.2 Å². The molecule has 1 atom stereocenters. The summed E-state index contributed by atoms with van der Waals surface area (Å²) in [7, 11) is 2.04. The van der Waals surface area contributed by atoms with Crippen molar-refractivity contribution in [2.75, 3.05) is 7.05 Å². The van der Waals surface area contributed by atoms with Crippen molar-refractivity contribution in [3.8, 4) is 0 Å². The number of para-hydroxylation sites is 1. The Hall–Kier alpha value is -2.49. The Labute approximate surface area is 143 Å². The molecular weight excluding hydrogens is 300 g/mol. The maximum Gasteiger partial charge on any atom is 0.419 e. The average Bonchev–Trinajstić information content (AvgIpc) is 2.87. The monoisotopic (exact) mass is 324 g/mol. The van der Waals surface area contributed by atoms with Crippen LogP contribution in [0.2, 0.25) is 0 Å². The third-order valence-electron chi connectivity index (χ3n) is 4.14. The maximum atomic E-state index is 12.8. The van der Waals surface area contributed by atoms with E-state index in [1.807, 2.05) is 70.4 Å². The van der Waals surface area contributed by atoms with E-state index in [9.17, 15) is 4.79 Å². The summed E-state index contributed by atoms with van der Waals surface area (Å²) in [6.45, 7) is 7.78. The number of carbonyl (C=O) groups is 1. The van der Waals surface area contributed by atoms with E-state index in [2.05, 4.69) is 17.9 Å². The summed E-state index contributed by atoms with van der Waals surface area (Å²) in [5, 5.41) is 1.03. The standard InChI is InChI=1S/C20H24N2O2/c1-14-12-16(10-11-21(14)5)18-13-15-8-6-7-9-17(15)22(18)19(23)24-20(2,3)4/h6-14H,1-5H3. The van der Waals surface area contributed by atoms with Crippen LogP contribution in [-0.4, -0.2) is 34.3 Å². The lowest BCUT2D eigenvalue weighted by atomic mass is 10.1. The zero-order valence-corrected chi connectivity index (χ0v) is 14.9. The molecule has 0 amide bonds. The van der Waals surface area contributed by atoms with Crippen molar-refractivity contribution in [3.05, 3.63) is 54.4 Å². The van der Waals surface area contributed by atoms with Crippen LogP contribution >= 0.6 is 0 Å². The smallest absolute Gasteiger partial charge is 0.419 e. The van der Waals surface area contributed by atoms with E-state index in [4.69, 9.17) is 4.74 Å². The number of carbonyl (C=O) groups excluding carboxylic acids is 1. The Kier molecular flexibility index (Phi) is 3.99. The summed E-state index contributed by atoms with van der Waals surface area (Å²) in [4.78, 5) is 15.0. The number of nitrogens with zero attached hydrogens (tertiary/aromatic N) is 2. The van der Waals surface area contributed by atoms with Crippen LogP contribution in [0.3, 0.4) is 0 Å². The number of benzene rings is 1. The van der Waals surface area contributed by atoms with Gasteiger partial charge in [-0.2, -0.15) is 0 Å². The van der Waals surface area contributed by atoms with E-state index in [-0.39, 0.29) is 12.1 Å². The minimum atomic E-state index is -0.538. The molecule has 0 radical (unpaired) electrons. The molecule has 1 unspecified atom stereocenters. The molecule has 4 heteroatoms. The van der Waals surface area contributed by atoms with E-state index >= 15 is 0 Å². The van der Waals surface area contributed by atoms with Crippen LogP contribution in [0.5, 0.6) is 0 Å². The first-order chi connectivity index (χ1) is 11.3. The quantitative estimate of drug-likeness (QED) is 0.765. The average molecular weight is 324 g/mol. The minimum absolute atomic E-state index is 0.273. The van der Waals surface area contributed by atoms with Crippen molar-refractivity contribution in [1.29, 1.82) is 0 Å². The second-order valence-corrected chi connectivity index (χ2v) is 7.25. The van der Waals surface area contributed by atoms with Crippen molar-refractivity contribution in [3.63, 3.8) is 0 Å². The fraction of sp³-hybridized carbons (Fsp3) is 0.350. The predicted octanol–water partition coefficient (Wildman–Crippen LogP) is 4.66. The number of aromatic nitrogens is 1. The van der Waals surface area contributed by atoms with Gasteiger partial charge in [-0.05, 0) is 57.7 Å². The Bertz CT molecular complexity index is 837. The van der Waals surface area contributed by atoms with Gasteiger partial charge in [-0.25, -0.2) is 9.36 Å². The molecule has 1 aromatic carbocycles. The van der Waals surface area contributed by atoms with Gasteiger partial charge in [0, 0.05) is 18.5 Å². The SMILES string of the molecule is CC1C=C(c2cc3ccccc3n2C(=O)OC(C)(C)C)C=CN1C. The first-order valence-corrected chi connectivity index (χ1v) is 8.22. The molecule has 2 heterocycles. The van der Waals surface area contributed by atoms with Crippen molar-refractivity contribution >= 4 is 22.6 Å². The highest BCUT2D eigenvalue weighted by Gasteiger charge is 2.24. The van der Waals surface area contributed by atoms with Gasteiger partial charge in [-0.15, -0.1) is 0 Å². The van der Waals surface area contributed by atoms with Gasteiger partial charge in [-0.3, -0.25) is 0 Å². The van der Waals surface area contributed by atoms with E-state index in [0.29, 0.717) is 0 Å². The molecule has 3 rings (SSSR count). The molecule has 0 spiro atoms. The topological polar surface area (TPSA) is 34.5 Å². The molecule has 1 aliphatic heterocycles. The summed E-state index contributed by atoms with van der Waals surface area (Å²) in [6.07, 6.45) is 5.89. The second kappa shape index (κ2) is 5.86. The molecule has 0 aliphatic carbocycles. The van der Waals surface area contributed by atoms with E-state index < -0.39 is 5.60 Å². The number of hydrogen-bond acceptors (Lipinski definition) is 3. The number of hydrogen-bond donors (Lipinski definition) is 0. The van der Waals surface area contributed by atoms with Crippen LogP contribution in [0.25, 0.3) is 16.5 Å². The number of likely N-dealkylation sites (N-methyl/N-ethyl adjacent to an activating group) is 1. The molecule has 0 saturated heterocycles. The number of fused-ring (bicyclic) bond motifs is 1. The fourth-order valence-corrected chi connectivity index (χ4v) is 2.81. The first kappa shape index (κ1) is 16.4. The highest BCUT2D eigenvalue weighted by Crippen LogP contribution is 2.29. The van der Waals surface area contributed by atoms with Crippen LogP contribution in [0, 0.1) is 0 Å². The van der Waals surface area contributed by atoms with Crippen molar-refractivity contribution < 1.29 is 9.53 Å². The molecule has 126 valence electrons. The Morgan fingerprint density at radius 2 is 1.92 bits per heavy atom. The number of rotatable bonds is 1. The van der Waals surface area contributed by atoms with Gasteiger partial charge in [0.25, 0.3) is 0 Å². The normalized spacial score (nSPS) is 18.0. The molecular formula is C20H24N2O2. The third kappa shape index (κ3) is 3.09. The van der Waals surface area contributed by atoms with Crippen LogP contribution in [0.4, 0.5) is 4.79 Å².